The van der Waals surface area contributed by atoms with E-state index in [4.69, 9.17) is 11.6 Å². The fourth-order valence-electron chi connectivity index (χ4n) is 4.06. The quantitative estimate of drug-likeness (QED) is 0.733. The van der Waals surface area contributed by atoms with Gasteiger partial charge in [-0.15, -0.1) is 0 Å². The van der Waals surface area contributed by atoms with Crippen molar-refractivity contribution in [2.45, 2.75) is 50.0 Å². The van der Waals surface area contributed by atoms with Crippen molar-refractivity contribution < 1.29 is 10.2 Å². The van der Waals surface area contributed by atoms with Crippen molar-refractivity contribution in [1.82, 2.24) is 19.5 Å². The number of anilines is 1. The van der Waals surface area contributed by atoms with Gasteiger partial charge in [-0.05, 0) is 49.1 Å². The molecule has 8 heteroatoms. The minimum absolute atomic E-state index is 0.168. The molecule has 0 saturated heterocycles. The molecule has 0 radical (unpaired) electrons. The molecule has 3 aliphatic rings. The molecule has 5 rings (SSSR count). The zero-order valence-electron chi connectivity index (χ0n) is 12.4. The SMILES string of the molecule is O[C@@H]1[C@H](O)[C@@H]2C[C@@H]2[C@H]1n1cnc2c(NC3CCC3)nc(Cl)nc21. The Morgan fingerprint density at radius 1 is 1.17 bits per heavy atom. The number of halogens is 1. The van der Waals surface area contributed by atoms with Gasteiger partial charge >= 0.3 is 0 Å². The lowest BCUT2D eigenvalue weighted by molar-refractivity contribution is 0.00386. The molecular formula is C15H18ClN5O2. The second-order valence-corrected chi connectivity index (χ2v) is 7.31. The summed E-state index contributed by atoms with van der Waals surface area (Å²) in [7, 11) is 0. The molecule has 3 aliphatic carbocycles. The van der Waals surface area contributed by atoms with Gasteiger partial charge in [-0.25, -0.2) is 4.98 Å². The van der Waals surface area contributed by atoms with Gasteiger partial charge < -0.3 is 20.1 Å². The van der Waals surface area contributed by atoms with Gasteiger partial charge in [-0.3, -0.25) is 0 Å². The Balaban J connectivity index is 1.58. The van der Waals surface area contributed by atoms with Crippen LogP contribution >= 0.6 is 11.6 Å². The lowest BCUT2D eigenvalue weighted by atomic mass is 9.93. The van der Waals surface area contributed by atoms with Crippen molar-refractivity contribution in [3.63, 3.8) is 0 Å². The number of aliphatic hydroxyl groups is 2. The second kappa shape index (κ2) is 4.78. The molecule has 2 aromatic rings. The van der Waals surface area contributed by atoms with Crippen molar-refractivity contribution in [2.24, 2.45) is 11.8 Å². The molecule has 0 aromatic carbocycles. The predicted molar refractivity (Wildman–Crippen MR) is 84.2 cm³/mol. The lowest BCUT2D eigenvalue weighted by Gasteiger charge is -2.27. The Morgan fingerprint density at radius 3 is 2.65 bits per heavy atom. The number of aromatic nitrogens is 4. The molecule has 122 valence electrons. The van der Waals surface area contributed by atoms with Crippen molar-refractivity contribution in [1.29, 1.82) is 0 Å². The van der Waals surface area contributed by atoms with Gasteiger partial charge in [0.1, 0.15) is 6.10 Å². The van der Waals surface area contributed by atoms with Gasteiger partial charge in [-0.1, -0.05) is 0 Å². The molecule has 2 aromatic heterocycles. The summed E-state index contributed by atoms with van der Waals surface area (Å²) in [5.41, 5.74) is 1.29. The topological polar surface area (TPSA) is 96.1 Å². The van der Waals surface area contributed by atoms with E-state index >= 15 is 0 Å². The highest BCUT2D eigenvalue weighted by Gasteiger charge is 2.60. The van der Waals surface area contributed by atoms with E-state index in [1.165, 1.54) is 6.42 Å². The van der Waals surface area contributed by atoms with Crippen LogP contribution in [0.2, 0.25) is 5.28 Å². The number of nitrogens with one attached hydrogen (secondary N) is 1. The van der Waals surface area contributed by atoms with Crippen LogP contribution in [0.15, 0.2) is 6.33 Å². The maximum absolute atomic E-state index is 10.3. The van der Waals surface area contributed by atoms with Crippen LogP contribution in [0.5, 0.6) is 0 Å². The summed E-state index contributed by atoms with van der Waals surface area (Å²) in [5, 5.41) is 23.9. The highest BCUT2D eigenvalue weighted by Crippen LogP contribution is 2.57. The molecule has 0 amide bonds. The molecule has 0 aliphatic heterocycles. The van der Waals surface area contributed by atoms with Crippen LogP contribution in [0, 0.1) is 11.8 Å². The number of nitrogens with zero attached hydrogens (tertiary/aromatic N) is 4. The summed E-state index contributed by atoms with van der Waals surface area (Å²) in [6.45, 7) is 0. The van der Waals surface area contributed by atoms with E-state index in [1.807, 2.05) is 4.57 Å². The molecule has 3 N–H and O–H groups in total. The van der Waals surface area contributed by atoms with Crippen LogP contribution in [0.4, 0.5) is 5.82 Å². The van der Waals surface area contributed by atoms with Gasteiger partial charge in [0.25, 0.3) is 0 Å². The van der Waals surface area contributed by atoms with E-state index in [2.05, 4.69) is 20.3 Å². The van der Waals surface area contributed by atoms with E-state index in [0.717, 1.165) is 19.3 Å². The average Bonchev–Trinajstić information content (AvgIpc) is 3.09. The van der Waals surface area contributed by atoms with Crippen LogP contribution in [0.1, 0.15) is 31.7 Å². The van der Waals surface area contributed by atoms with Gasteiger partial charge in [0.05, 0.1) is 18.5 Å². The summed E-state index contributed by atoms with van der Waals surface area (Å²) < 4.78 is 1.86. The van der Waals surface area contributed by atoms with E-state index in [9.17, 15) is 10.2 Å². The Morgan fingerprint density at radius 2 is 2.00 bits per heavy atom. The van der Waals surface area contributed by atoms with Crippen LogP contribution < -0.4 is 5.32 Å². The predicted octanol–water partition coefficient (Wildman–Crippen LogP) is 1.36. The van der Waals surface area contributed by atoms with Crippen LogP contribution in [-0.4, -0.2) is 48.0 Å². The minimum Gasteiger partial charge on any atom is -0.390 e. The normalized spacial score (nSPS) is 36.0. The minimum atomic E-state index is -0.784. The molecule has 7 nitrogen and oxygen atoms in total. The highest BCUT2D eigenvalue weighted by molar-refractivity contribution is 6.28. The number of fused-ring (bicyclic) bond motifs is 2. The molecular weight excluding hydrogens is 318 g/mol. The van der Waals surface area contributed by atoms with Crippen molar-refractivity contribution in [3.05, 3.63) is 11.6 Å². The maximum Gasteiger partial charge on any atom is 0.226 e. The van der Waals surface area contributed by atoms with Gasteiger partial charge in [-0.2, -0.15) is 9.97 Å². The lowest BCUT2D eigenvalue weighted by Crippen LogP contribution is -2.31. The van der Waals surface area contributed by atoms with E-state index in [1.54, 1.807) is 6.33 Å². The summed E-state index contributed by atoms with van der Waals surface area (Å²) in [5.74, 6) is 1.13. The summed E-state index contributed by atoms with van der Waals surface area (Å²) in [4.78, 5) is 13.1. The Kier molecular flexibility index (Phi) is 2.90. The molecule has 5 atom stereocenters. The number of hydrogen-bond donors (Lipinski definition) is 3. The third-order valence-corrected chi connectivity index (χ3v) is 5.80. The first kappa shape index (κ1) is 13.9. The van der Waals surface area contributed by atoms with E-state index in [-0.39, 0.29) is 23.2 Å². The van der Waals surface area contributed by atoms with Crippen LogP contribution in [0.3, 0.4) is 0 Å². The third-order valence-electron chi connectivity index (χ3n) is 5.63. The summed E-state index contributed by atoms with van der Waals surface area (Å²) in [6, 6.07) is 0.226. The first-order valence-electron chi connectivity index (χ1n) is 8.16. The van der Waals surface area contributed by atoms with Gasteiger partial charge in [0.2, 0.25) is 5.28 Å². The largest absolute Gasteiger partial charge is 0.390 e. The average molecular weight is 336 g/mol. The van der Waals surface area contributed by atoms with Crippen LogP contribution in [0.25, 0.3) is 11.2 Å². The molecule has 2 heterocycles. The second-order valence-electron chi connectivity index (χ2n) is 6.97. The fraction of sp³-hybridized carbons (Fsp3) is 0.667. The maximum atomic E-state index is 10.3. The van der Waals surface area contributed by atoms with Gasteiger partial charge in [0.15, 0.2) is 17.0 Å². The number of aliphatic hydroxyl groups excluding tert-OH is 2. The number of imidazole rings is 1. The molecule has 23 heavy (non-hydrogen) atoms. The standard InChI is InChI=1S/C15H18ClN5O2/c16-15-19-13(18-6-2-1-3-6)9-14(20-15)21(5-17-9)10-7-4-8(7)11(22)12(10)23/h5-8,10-12,22-23H,1-4H2,(H,18,19,20)/t7-,8+,10+,11+,12-/m0/s1. The monoisotopic (exact) mass is 335 g/mol. The van der Waals surface area contributed by atoms with E-state index in [0.29, 0.717) is 23.0 Å². The smallest absolute Gasteiger partial charge is 0.226 e. The third kappa shape index (κ3) is 2.00. The summed E-state index contributed by atoms with van der Waals surface area (Å²) >= 11 is 6.10. The molecule has 0 spiro atoms. The summed E-state index contributed by atoms with van der Waals surface area (Å²) in [6.07, 6.45) is 4.66. The van der Waals surface area contributed by atoms with Crippen molar-refractivity contribution in [3.8, 4) is 0 Å². The highest BCUT2D eigenvalue weighted by atomic mass is 35.5. The Bertz CT molecular complexity index is 777. The molecule has 0 bridgehead atoms. The fourth-order valence-corrected chi connectivity index (χ4v) is 4.22. The molecule has 3 fully saturated rings. The van der Waals surface area contributed by atoms with Gasteiger partial charge in [0, 0.05) is 6.04 Å². The van der Waals surface area contributed by atoms with Crippen molar-refractivity contribution >= 4 is 28.6 Å². The first-order chi connectivity index (χ1) is 11.1. The Hall–Kier alpha value is -1.44. The zero-order chi connectivity index (χ0) is 15.7. The molecule has 3 saturated carbocycles. The Labute approximate surface area is 137 Å². The van der Waals surface area contributed by atoms with Crippen molar-refractivity contribution in [2.75, 3.05) is 5.32 Å². The first-order valence-corrected chi connectivity index (χ1v) is 8.54. The van der Waals surface area contributed by atoms with Crippen LogP contribution in [-0.2, 0) is 0 Å². The van der Waals surface area contributed by atoms with E-state index < -0.39 is 12.2 Å². The number of hydrogen-bond acceptors (Lipinski definition) is 6. The molecule has 0 unspecified atom stereocenters. The number of rotatable bonds is 3. The zero-order valence-corrected chi connectivity index (χ0v) is 13.2.